The number of hydrogen-bond donors (Lipinski definition) is 1. The van der Waals surface area contributed by atoms with Crippen LogP contribution >= 0.6 is 0 Å². The summed E-state index contributed by atoms with van der Waals surface area (Å²) in [6, 6.07) is 7.60. The van der Waals surface area contributed by atoms with Gasteiger partial charge in [-0.05, 0) is 12.1 Å². The van der Waals surface area contributed by atoms with Gasteiger partial charge in [-0.3, -0.25) is 4.90 Å². The van der Waals surface area contributed by atoms with Gasteiger partial charge in [0.25, 0.3) is 0 Å². The number of alkyl halides is 3. The van der Waals surface area contributed by atoms with E-state index < -0.39 is 6.30 Å². The van der Waals surface area contributed by atoms with Gasteiger partial charge in [-0.2, -0.15) is 13.2 Å². The SMILES string of the molecule is NCCN(c1ccccc1)C(F)(F)F. The monoisotopic (exact) mass is 204 g/mol. The van der Waals surface area contributed by atoms with Crippen molar-refractivity contribution in [3.63, 3.8) is 0 Å². The minimum absolute atomic E-state index is 0.0333. The zero-order chi connectivity index (χ0) is 10.6. The summed E-state index contributed by atoms with van der Waals surface area (Å²) < 4.78 is 37.4. The molecule has 0 heterocycles. The molecule has 0 unspecified atom stereocenters. The molecule has 1 aromatic rings. The lowest BCUT2D eigenvalue weighted by Gasteiger charge is -2.26. The van der Waals surface area contributed by atoms with Crippen molar-refractivity contribution >= 4 is 5.69 Å². The number of benzene rings is 1. The van der Waals surface area contributed by atoms with Crippen LogP contribution in [0.3, 0.4) is 0 Å². The average Bonchev–Trinajstić information content (AvgIpc) is 2.14. The third-order valence-corrected chi connectivity index (χ3v) is 1.73. The molecule has 14 heavy (non-hydrogen) atoms. The Bertz CT molecular complexity index is 271. The molecular weight excluding hydrogens is 193 g/mol. The highest BCUT2D eigenvalue weighted by molar-refractivity contribution is 5.46. The lowest BCUT2D eigenvalue weighted by Crippen LogP contribution is -2.41. The van der Waals surface area contributed by atoms with Gasteiger partial charge in [0.05, 0.1) is 0 Å². The Morgan fingerprint density at radius 1 is 1.14 bits per heavy atom. The highest BCUT2D eigenvalue weighted by atomic mass is 19.4. The molecule has 78 valence electrons. The standard InChI is InChI=1S/C9H11F3N2/c10-9(11,12)14(7-6-13)8-4-2-1-3-5-8/h1-5H,6-7,13H2. The maximum atomic E-state index is 12.5. The van der Waals surface area contributed by atoms with Crippen molar-refractivity contribution in [2.75, 3.05) is 18.0 Å². The summed E-state index contributed by atoms with van der Waals surface area (Å²) in [6.07, 6.45) is -4.37. The van der Waals surface area contributed by atoms with Crippen molar-refractivity contribution in [3.05, 3.63) is 30.3 Å². The average molecular weight is 204 g/mol. The van der Waals surface area contributed by atoms with E-state index >= 15 is 0 Å². The van der Waals surface area contributed by atoms with Crippen molar-refractivity contribution in [2.24, 2.45) is 5.73 Å². The number of hydrogen-bond acceptors (Lipinski definition) is 2. The van der Waals surface area contributed by atoms with Crippen LogP contribution in [0.2, 0.25) is 0 Å². The number of rotatable bonds is 3. The minimum atomic E-state index is -4.37. The number of nitrogens with two attached hydrogens (primary N) is 1. The van der Waals surface area contributed by atoms with Crippen LogP contribution < -0.4 is 10.6 Å². The van der Waals surface area contributed by atoms with Crippen molar-refractivity contribution in [3.8, 4) is 0 Å². The highest BCUT2D eigenvalue weighted by Crippen LogP contribution is 2.27. The number of nitrogens with zero attached hydrogens (tertiary/aromatic N) is 1. The topological polar surface area (TPSA) is 29.3 Å². The fourth-order valence-corrected chi connectivity index (χ4v) is 1.14. The molecule has 0 saturated carbocycles. The van der Waals surface area contributed by atoms with Crippen LogP contribution in [0.15, 0.2) is 30.3 Å². The predicted molar refractivity (Wildman–Crippen MR) is 48.9 cm³/mol. The summed E-state index contributed by atoms with van der Waals surface area (Å²) in [7, 11) is 0. The zero-order valence-corrected chi connectivity index (χ0v) is 7.46. The summed E-state index contributed by atoms with van der Waals surface area (Å²) in [5, 5.41) is 0. The van der Waals surface area contributed by atoms with Gasteiger partial charge in [0.2, 0.25) is 0 Å². The number of para-hydroxylation sites is 1. The Balaban J connectivity index is 2.89. The molecular formula is C9H11F3N2. The van der Waals surface area contributed by atoms with E-state index in [2.05, 4.69) is 0 Å². The molecule has 0 amide bonds. The van der Waals surface area contributed by atoms with E-state index in [4.69, 9.17) is 5.73 Å². The van der Waals surface area contributed by atoms with Crippen LogP contribution in [0.1, 0.15) is 0 Å². The van der Waals surface area contributed by atoms with Crippen molar-refractivity contribution < 1.29 is 13.2 Å². The molecule has 1 aromatic carbocycles. The second-order valence-corrected chi connectivity index (χ2v) is 2.74. The van der Waals surface area contributed by atoms with Crippen LogP contribution in [0, 0.1) is 0 Å². The Hall–Kier alpha value is -1.23. The minimum Gasteiger partial charge on any atom is -0.329 e. The first-order chi connectivity index (χ1) is 6.55. The van der Waals surface area contributed by atoms with Gasteiger partial charge in [0.15, 0.2) is 0 Å². The molecule has 0 aliphatic carbocycles. The molecule has 0 atom stereocenters. The van der Waals surface area contributed by atoms with Gasteiger partial charge >= 0.3 is 6.30 Å². The largest absolute Gasteiger partial charge is 0.484 e. The summed E-state index contributed by atoms with van der Waals surface area (Å²) in [5.41, 5.74) is 5.24. The van der Waals surface area contributed by atoms with Gasteiger partial charge in [0.1, 0.15) is 0 Å². The van der Waals surface area contributed by atoms with E-state index in [1.165, 1.54) is 12.1 Å². The smallest absolute Gasteiger partial charge is 0.329 e. The normalized spacial score (nSPS) is 11.4. The first-order valence-corrected chi connectivity index (χ1v) is 4.15. The third kappa shape index (κ3) is 2.63. The van der Waals surface area contributed by atoms with Crippen LogP contribution in [-0.4, -0.2) is 19.4 Å². The van der Waals surface area contributed by atoms with E-state index in [0.717, 1.165) is 0 Å². The van der Waals surface area contributed by atoms with Gasteiger partial charge in [-0.15, -0.1) is 0 Å². The van der Waals surface area contributed by atoms with Crippen molar-refractivity contribution in [1.29, 1.82) is 0 Å². The fraction of sp³-hybridized carbons (Fsp3) is 0.333. The molecule has 0 aliphatic rings. The van der Waals surface area contributed by atoms with Crippen LogP contribution in [0.4, 0.5) is 18.9 Å². The molecule has 5 heteroatoms. The molecule has 0 aromatic heterocycles. The van der Waals surface area contributed by atoms with Gasteiger partial charge < -0.3 is 5.73 Å². The maximum absolute atomic E-state index is 12.5. The van der Waals surface area contributed by atoms with Crippen molar-refractivity contribution in [1.82, 2.24) is 0 Å². The molecule has 1 rings (SSSR count). The molecule has 2 nitrogen and oxygen atoms in total. The van der Waals surface area contributed by atoms with Crippen LogP contribution in [-0.2, 0) is 0 Å². The van der Waals surface area contributed by atoms with Gasteiger partial charge in [-0.25, -0.2) is 0 Å². The second-order valence-electron chi connectivity index (χ2n) is 2.74. The Labute approximate surface area is 80.1 Å². The maximum Gasteiger partial charge on any atom is 0.484 e. The summed E-state index contributed by atoms with van der Waals surface area (Å²) >= 11 is 0. The van der Waals surface area contributed by atoms with Crippen molar-refractivity contribution in [2.45, 2.75) is 6.30 Å². The third-order valence-electron chi connectivity index (χ3n) is 1.73. The second kappa shape index (κ2) is 4.32. The number of halogens is 3. The van der Waals surface area contributed by atoms with E-state index in [9.17, 15) is 13.2 Å². The predicted octanol–water partition coefficient (Wildman–Crippen LogP) is 1.97. The zero-order valence-electron chi connectivity index (χ0n) is 7.46. The van der Waals surface area contributed by atoms with Crippen LogP contribution in [0.25, 0.3) is 0 Å². The Morgan fingerprint density at radius 3 is 2.14 bits per heavy atom. The summed E-state index contributed by atoms with van der Waals surface area (Å²) in [4.78, 5) is 0.326. The molecule has 0 fully saturated rings. The summed E-state index contributed by atoms with van der Waals surface area (Å²) in [6.45, 7) is -0.262. The first kappa shape index (κ1) is 10.8. The molecule has 0 saturated heterocycles. The summed E-state index contributed by atoms with van der Waals surface area (Å²) in [5.74, 6) is 0. The lowest BCUT2D eigenvalue weighted by molar-refractivity contribution is -0.128. The van der Waals surface area contributed by atoms with E-state index in [-0.39, 0.29) is 18.8 Å². The highest BCUT2D eigenvalue weighted by Gasteiger charge is 2.36. The fourth-order valence-electron chi connectivity index (χ4n) is 1.14. The molecule has 2 N–H and O–H groups in total. The van der Waals surface area contributed by atoms with E-state index in [1.54, 1.807) is 18.2 Å². The van der Waals surface area contributed by atoms with Gasteiger partial charge in [-0.1, -0.05) is 18.2 Å². The Morgan fingerprint density at radius 2 is 1.71 bits per heavy atom. The van der Waals surface area contributed by atoms with Gasteiger partial charge in [0, 0.05) is 18.8 Å². The quantitative estimate of drug-likeness (QED) is 0.763. The molecule has 0 radical (unpaired) electrons. The van der Waals surface area contributed by atoms with E-state index in [0.29, 0.717) is 4.90 Å². The molecule has 0 spiro atoms. The lowest BCUT2D eigenvalue weighted by atomic mass is 10.3. The van der Waals surface area contributed by atoms with Crippen LogP contribution in [0.5, 0.6) is 0 Å². The Kier molecular flexibility index (Phi) is 3.35. The molecule has 0 aliphatic heterocycles. The number of anilines is 1. The first-order valence-electron chi connectivity index (χ1n) is 4.15. The molecule has 0 bridgehead atoms. The van der Waals surface area contributed by atoms with E-state index in [1.807, 2.05) is 0 Å².